The van der Waals surface area contributed by atoms with E-state index in [-0.39, 0.29) is 31.1 Å². The number of carbonyl (C=O) groups excluding carboxylic acids is 3. The molecule has 0 aliphatic heterocycles. The van der Waals surface area contributed by atoms with Crippen LogP contribution in [0.3, 0.4) is 0 Å². The van der Waals surface area contributed by atoms with E-state index < -0.39 is 6.10 Å². The maximum Gasteiger partial charge on any atom is 0.306 e. The summed E-state index contributed by atoms with van der Waals surface area (Å²) in [5.41, 5.74) is 0. The van der Waals surface area contributed by atoms with Gasteiger partial charge < -0.3 is 14.2 Å². The molecule has 0 aromatic heterocycles. The maximum atomic E-state index is 12.8. The van der Waals surface area contributed by atoms with E-state index in [1.165, 1.54) is 109 Å². The second-order valence-corrected chi connectivity index (χ2v) is 17.1. The fourth-order valence-corrected chi connectivity index (χ4v) is 7.01. The Kier molecular flexibility index (Phi) is 47.4. The third kappa shape index (κ3) is 48.0. The molecule has 0 unspecified atom stereocenters. The number of esters is 3. The maximum absolute atomic E-state index is 12.8. The minimum absolute atomic E-state index is 0.0892. The molecule has 1 atom stereocenters. The zero-order chi connectivity index (χ0) is 44.4. The van der Waals surface area contributed by atoms with Crippen LogP contribution < -0.4 is 0 Å². The summed E-state index contributed by atoms with van der Waals surface area (Å²) in [5, 5.41) is 0. The van der Waals surface area contributed by atoms with Gasteiger partial charge in [-0.1, -0.05) is 191 Å². The van der Waals surface area contributed by atoms with Crippen molar-refractivity contribution in [2.75, 3.05) is 13.2 Å². The summed E-state index contributed by atoms with van der Waals surface area (Å²) < 4.78 is 16.8. The normalized spacial score (nSPS) is 12.5. The van der Waals surface area contributed by atoms with E-state index in [2.05, 4.69) is 81.5 Å². The Balaban J connectivity index is 4.42. The predicted octanol–water partition coefficient (Wildman–Crippen LogP) is 16.9. The highest BCUT2D eigenvalue weighted by Gasteiger charge is 2.19. The predicted molar refractivity (Wildman–Crippen MR) is 261 cm³/mol. The van der Waals surface area contributed by atoms with Crippen LogP contribution in [0.4, 0.5) is 0 Å². The molecular weight excluding hydrogens is 757 g/mol. The quantitative estimate of drug-likeness (QED) is 0.0263. The Labute approximate surface area is 377 Å². The van der Waals surface area contributed by atoms with Crippen LogP contribution in [0.25, 0.3) is 0 Å². The highest BCUT2D eigenvalue weighted by atomic mass is 16.6. The Morgan fingerprint density at radius 1 is 0.328 bits per heavy atom. The average Bonchev–Trinajstić information content (AvgIpc) is 3.26. The Morgan fingerprint density at radius 2 is 0.607 bits per heavy atom. The first-order valence-corrected chi connectivity index (χ1v) is 25.8. The lowest BCUT2D eigenvalue weighted by atomic mass is 10.1. The fourth-order valence-electron chi connectivity index (χ4n) is 7.01. The van der Waals surface area contributed by atoms with Crippen molar-refractivity contribution in [1.82, 2.24) is 0 Å². The Hall–Kier alpha value is -2.89. The van der Waals surface area contributed by atoms with Gasteiger partial charge >= 0.3 is 17.9 Å². The first-order chi connectivity index (χ1) is 30.0. The standard InChI is InChI=1S/C55H96O6/c1-4-7-10-13-16-19-22-24-26-27-29-30-33-36-39-42-45-48-54(57)60-51-52(50-59-53(56)47-44-41-38-35-32-21-18-15-12-9-6-3)61-55(58)49-46-43-40-37-34-31-28-25-23-20-17-14-11-8-5-2/h15-16,18-19,24-26,28-30,52H,4-14,17,20-23,27,31-51H2,1-3H3/b18-15-,19-16-,26-24-,28-25-,30-29-/t52-/m0/s1. The number of rotatable bonds is 46. The molecule has 0 fully saturated rings. The van der Waals surface area contributed by atoms with E-state index in [4.69, 9.17) is 14.2 Å². The summed E-state index contributed by atoms with van der Waals surface area (Å²) in [6.45, 7) is 6.53. The number of hydrogen-bond donors (Lipinski definition) is 0. The first kappa shape index (κ1) is 58.1. The molecule has 6 nitrogen and oxygen atoms in total. The topological polar surface area (TPSA) is 78.9 Å². The van der Waals surface area contributed by atoms with Crippen LogP contribution in [0.1, 0.15) is 252 Å². The molecule has 0 heterocycles. The molecule has 0 aliphatic carbocycles. The lowest BCUT2D eigenvalue weighted by molar-refractivity contribution is -0.167. The van der Waals surface area contributed by atoms with Crippen LogP contribution in [0.5, 0.6) is 0 Å². The number of unbranched alkanes of at least 4 members (excludes halogenated alkanes) is 25. The summed E-state index contributed by atoms with van der Waals surface area (Å²) >= 11 is 0. The van der Waals surface area contributed by atoms with Gasteiger partial charge in [-0.05, 0) is 103 Å². The fraction of sp³-hybridized carbons (Fsp3) is 0.764. The van der Waals surface area contributed by atoms with Gasteiger partial charge in [-0.3, -0.25) is 14.4 Å². The molecule has 0 saturated carbocycles. The summed E-state index contributed by atoms with van der Waals surface area (Å²) in [7, 11) is 0. The highest BCUT2D eigenvalue weighted by Crippen LogP contribution is 2.13. The van der Waals surface area contributed by atoms with Gasteiger partial charge in [0.05, 0.1) is 0 Å². The minimum Gasteiger partial charge on any atom is -0.462 e. The van der Waals surface area contributed by atoms with Crippen molar-refractivity contribution in [3.63, 3.8) is 0 Å². The summed E-state index contributed by atoms with van der Waals surface area (Å²) in [6.07, 6.45) is 60.6. The van der Waals surface area contributed by atoms with Crippen molar-refractivity contribution in [2.24, 2.45) is 0 Å². The zero-order valence-electron chi connectivity index (χ0n) is 40.2. The molecule has 0 saturated heterocycles. The second kappa shape index (κ2) is 49.8. The number of allylic oxidation sites excluding steroid dienone is 10. The molecule has 0 aromatic rings. The van der Waals surface area contributed by atoms with Gasteiger partial charge in [0.25, 0.3) is 0 Å². The van der Waals surface area contributed by atoms with Crippen molar-refractivity contribution in [1.29, 1.82) is 0 Å². The van der Waals surface area contributed by atoms with E-state index in [9.17, 15) is 14.4 Å². The van der Waals surface area contributed by atoms with E-state index >= 15 is 0 Å². The third-order valence-corrected chi connectivity index (χ3v) is 11.0. The average molecular weight is 853 g/mol. The molecule has 0 bridgehead atoms. The van der Waals surface area contributed by atoms with Crippen LogP contribution in [0.15, 0.2) is 60.8 Å². The third-order valence-electron chi connectivity index (χ3n) is 11.0. The molecule has 352 valence electrons. The van der Waals surface area contributed by atoms with Crippen molar-refractivity contribution in [2.45, 2.75) is 258 Å². The van der Waals surface area contributed by atoms with E-state index in [1.807, 2.05) is 0 Å². The summed E-state index contributed by atoms with van der Waals surface area (Å²) in [6, 6.07) is 0. The smallest absolute Gasteiger partial charge is 0.306 e. The Bertz CT molecular complexity index is 1120. The monoisotopic (exact) mass is 853 g/mol. The van der Waals surface area contributed by atoms with E-state index in [0.717, 1.165) is 103 Å². The van der Waals surface area contributed by atoms with E-state index in [0.29, 0.717) is 19.3 Å². The molecular formula is C55H96O6. The Morgan fingerprint density at radius 3 is 1.02 bits per heavy atom. The van der Waals surface area contributed by atoms with Crippen molar-refractivity contribution in [3.8, 4) is 0 Å². The van der Waals surface area contributed by atoms with Crippen LogP contribution in [-0.4, -0.2) is 37.2 Å². The van der Waals surface area contributed by atoms with Gasteiger partial charge in [0, 0.05) is 19.3 Å². The van der Waals surface area contributed by atoms with Gasteiger partial charge in [-0.25, -0.2) is 0 Å². The molecule has 0 radical (unpaired) electrons. The van der Waals surface area contributed by atoms with Crippen LogP contribution in [0, 0.1) is 0 Å². The minimum atomic E-state index is -0.789. The molecule has 0 aliphatic rings. The summed E-state index contributed by atoms with van der Waals surface area (Å²) in [4.78, 5) is 37.9. The van der Waals surface area contributed by atoms with Gasteiger partial charge in [-0.15, -0.1) is 0 Å². The molecule has 0 aromatic carbocycles. The van der Waals surface area contributed by atoms with Gasteiger partial charge in [0.1, 0.15) is 13.2 Å². The van der Waals surface area contributed by atoms with Crippen LogP contribution in [-0.2, 0) is 28.6 Å². The molecule has 0 rings (SSSR count). The second-order valence-electron chi connectivity index (χ2n) is 17.1. The SMILES string of the molecule is CCCC/C=C\CCCCCCCC(=O)OC[C@@H](COC(=O)CCCCCC/C=C\C/C=C\C/C=C\CCCCC)OC(=O)CCCCCCC/C=C\CCCCCCCC. The van der Waals surface area contributed by atoms with Crippen LogP contribution >= 0.6 is 0 Å². The molecule has 0 spiro atoms. The molecule has 6 heteroatoms. The van der Waals surface area contributed by atoms with Crippen molar-refractivity contribution < 1.29 is 28.6 Å². The first-order valence-electron chi connectivity index (χ1n) is 25.8. The lowest BCUT2D eigenvalue weighted by Gasteiger charge is -2.18. The number of hydrogen-bond acceptors (Lipinski definition) is 6. The van der Waals surface area contributed by atoms with Gasteiger partial charge in [0.2, 0.25) is 0 Å². The highest BCUT2D eigenvalue weighted by molar-refractivity contribution is 5.71. The van der Waals surface area contributed by atoms with Crippen LogP contribution in [0.2, 0.25) is 0 Å². The van der Waals surface area contributed by atoms with E-state index in [1.54, 1.807) is 0 Å². The zero-order valence-corrected chi connectivity index (χ0v) is 40.2. The number of carbonyl (C=O) groups is 3. The molecule has 61 heavy (non-hydrogen) atoms. The summed E-state index contributed by atoms with van der Waals surface area (Å²) in [5.74, 6) is -0.926. The number of ether oxygens (including phenoxy) is 3. The largest absolute Gasteiger partial charge is 0.462 e. The molecule has 0 amide bonds. The lowest BCUT2D eigenvalue weighted by Crippen LogP contribution is -2.30. The molecule has 0 N–H and O–H groups in total. The van der Waals surface area contributed by atoms with Crippen molar-refractivity contribution in [3.05, 3.63) is 60.8 Å². The van der Waals surface area contributed by atoms with Crippen molar-refractivity contribution >= 4 is 17.9 Å². The van der Waals surface area contributed by atoms with Gasteiger partial charge in [0.15, 0.2) is 6.10 Å². The van der Waals surface area contributed by atoms with Gasteiger partial charge in [-0.2, -0.15) is 0 Å².